The van der Waals surface area contributed by atoms with E-state index in [1.54, 1.807) is 6.07 Å². The van der Waals surface area contributed by atoms with Crippen LogP contribution in [-0.2, 0) is 26.0 Å². The quantitative estimate of drug-likeness (QED) is 0.340. The lowest BCUT2D eigenvalue weighted by Gasteiger charge is -2.44. The van der Waals surface area contributed by atoms with Crippen LogP contribution in [0, 0.1) is 11.8 Å². The minimum absolute atomic E-state index is 0.00506. The third-order valence-electron chi connectivity index (χ3n) is 7.56. The van der Waals surface area contributed by atoms with E-state index >= 15 is 0 Å². The van der Waals surface area contributed by atoms with E-state index in [-0.39, 0.29) is 40.6 Å². The number of carbonyl (C=O) groups excluding carboxylic acids is 2. The number of halogens is 6. The number of carbonyl (C=O) groups is 3. The number of alkyl halides is 6. The number of nitrogens with one attached hydrogen (secondary N) is 2. The van der Waals surface area contributed by atoms with Gasteiger partial charge in [-0.3, -0.25) is 9.59 Å². The van der Waals surface area contributed by atoms with Gasteiger partial charge in [0.15, 0.2) is 0 Å². The van der Waals surface area contributed by atoms with E-state index in [1.807, 2.05) is 0 Å². The molecule has 2 aliphatic carbocycles. The molecule has 9 nitrogen and oxygen atoms in total. The van der Waals surface area contributed by atoms with Crippen molar-refractivity contribution in [1.29, 1.82) is 0 Å². The topological polar surface area (TPSA) is 125 Å². The summed E-state index contributed by atoms with van der Waals surface area (Å²) in [5.74, 6) is -2.89. The number of carboxylic acids is 1. The van der Waals surface area contributed by atoms with E-state index in [2.05, 4.69) is 20.6 Å². The second-order valence-electron chi connectivity index (χ2n) is 10.6. The summed E-state index contributed by atoms with van der Waals surface area (Å²) in [7, 11) is 0. The molecule has 2 aromatic heterocycles. The lowest BCUT2D eigenvalue weighted by Crippen LogP contribution is -2.51. The fourth-order valence-corrected chi connectivity index (χ4v) is 5.29. The Morgan fingerprint density at radius 1 is 1.12 bits per heavy atom. The van der Waals surface area contributed by atoms with E-state index in [0.717, 1.165) is 23.8 Å². The highest BCUT2D eigenvalue weighted by molar-refractivity contribution is 6.08. The molecule has 43 heavy (non-hydrogen) atoms. The summed E-state index contributed by atoms with van der Waals surface area (Å²) in [5, 5.41) is 13.3. The highest BCUT2D eigenvalue weighted by Crippen LogP contribution is 2.55. The number of benzene rings is 1. The fraction of sp³-hybridized carbons (Fsp3) is 0.393. The van der Waals surface area contributed by atoms with E-state index in [4.69, 9.17) is 14.0 Å². The molecule has 0 radical (unpaired) electrons. The lowest BCUT2D eigenvalue weighted by atomic mass is 9.59. The summed E-state index contributed by atoms with van der Waals surface area (Å²) in [6.07, 6.45) is -5.88. The van der Waals surface area contributed by atoms with Crippen molar-refractivity contribution in [2.75, 3.05) is 23.7 Å². The summed E-state index contributed by atoms with van der Waals surface area (Å²) in [4.78, 5) is 43.6. The van der Waals surface area contributed by atoms with Crippen LogP contribution in [-0.4, -0.2) is 52.6 Å². The molecular formula is C28H25F6N5O4. The summed E-state index contributed by atoms with van der Waals surface area (Å²) >= 11 is 0. The smallest absolute Gasteiger partial charge is 0.475 e. The Balaban J connectivity index is 0.000000537. The van der Waals surface area contributed by atoms with Crippen molar-refractivity contribution in [2.45, 2.75) is 43.5 Å². The fourth-order valence-electron chi connectivity index (χ4n) is 5.29. The van der Waals surface area contributed by atoms with Crippen molar-refractivity contribution < 1.29 is 49.9 Å². The van der Waals surface area contributed by atoms with Gasteiger partial charge in [0.1, 0.15) is 11.6 Å². The standard InChI is InChI=1S/C26H24F3N5O2.C2HF3O2/c1-34-19-13-30-21(32-20-8-7-15-3-2-4-17(22(15)33-20)26(27,28)29)9-18(19)25(24(34)36)10-14(11-25)12-31-23(35)16-5-6-16;3-2(4,5)1(6)7/h2-4,7-9,13-14,16H,5-6,10-12H2,1H3,(H,31,35)(H,30,32,33);(H,6,7)/i1D3;. The molecule has 1 aromatic carbocycles. The molecule has 1 aliphatic heterocycles. The zero-order valence-electron chi connectivity index (χ0n) is 25.0. The summed E-state index contributed by atoms with van der Waals surface area (Å²) in [5.41, 5.74) is -1.48. The van der Waals surface area contributed by atoms with E-state index < -0.39 is 42.2 Å². The second kappa shape index (κ2) is 10.7. The van der Waals surface area contributed by atoms with Crippen LogP contribution >= 0.6 is 0 Å². The zero-order valence-corrected chi connectivity index (χ0v) is 22.0. The number of hydrogen-bond donors (Lipinski definition) is 3. The highest BCUT2D eigenvalue weighted by Gasteiger charge is 2.57. The van der Waals surface area contributed by atoms with Crippen LogP contribution in [0.5, 0.6) is 0 Å². The Bertz CT molecular complexity index is 1710. The first-order chi connectivity index (χ1) is 21.3. The number of para-hydroxylation sites is 1. The van der Waals surface area contributed by atoms with Crippen LogP contribution < -0.4 is 15.5 Å². The molecule has 2 fully saturated rings. The van der Waals surface area contributed by atoms with Gasteiger partial charge in [0.2, 0.25) is 11.8 Å². The highest BCUT2D eigenvalue weighted by atomic mass is 19.4. The van der Waals surface area contributed by atoms with Gasteiger partial charge in [-0.25, -0.2) is 14.8 Å². The number of anilines is 3. The third-order valence-corrected chi connectivity index (χ3v) is 7.56. The van der Waals surface area contributed by atoms with Crippen LogP contribution in [0.2, 0.25) is 0 Å². The molecule has 0 unspecified atom stereocenters. The number of rotatable bonds is 5. The normalized spacial score (nSPS) is 22.5. The molecule has 0 atom stereocenters. The van der Waals surface area contributed by atoms with Gasteiger partial charge >= 0.3 is 18.3 Å². The average molecular weight is 613 g/mol. The van der Waals surface area contributed by atoms with Gasteiger partial charge in [-0.1, -0.05) is 12.1 Å². The van der Waals surface area contributed by atoms with Crippen LogP contribution in [0.1, 0.15) is 40.9 Å². The van der Waals surface area contributed by atoms with E-state index in [0.29, 0.717) is 30.3 Å². The maximum Gasteiger partial charge on any atom is 0.490 e. The number of fused-ring (bicyclic) bond motifs is 3. The van der Waals surface area contributed by atoms with Crippen LogP contribution in [0.25, 0.3) is 10.9 Å². The van der Waals surface area contributed by atoms with Gasteiger partial charge in [-0.15, -0.1) is 0 Å². The predicted molar refractivity (Wildman–Crippen MR) is 142 cm³/mol. The molecule has 3 aromatic rings. The van der Waals surface area contributed by atoms with Gasteiger partial charge in [0, 0.05) is 28.9 Å². The number of nitrogens with zero attached hydrogens (tertiary/aromatic N) is 3. The minimum atomic E-state index is -5.08. The van der Waals surface area contributed by atoms with Crippen LogP contribution in [0.4, 0.5) is 43.7 Å². The molecule has 0 bridgehead atoms. The summed E-state index contributed by atoms with van der Waals surface area (Å²) < 4.78 is 96.1. The minimum Gasteiger partial charge on any atom is -0.475 e. The molecule has 6 rings (SSSR count). The Morgan fingerprint density at radius 3 is 2.42 bits per heavy atom. The van der Waals surface area contributed by atoms with E-state index in [1.165, 1.54) is 30.5 Å². The SMILES string of the molecule is O=C(O)C(F)(F)F.[2H]C([2H])([2H])N1C(=O)C2(CC(CNC(=O)C3CC3)C2)c2cc(Nc3ccc4cccc(C(F)(F)F)c4n3)ncc21. The van der Waals surface area contributed by atoms with Crippen molar-refractivity contribution in [2.24, 2.45) is 11.8 Å². The maximum absolute atomic E-state index is 13.5. The number of carboxylic acid groups (broad SMARTS) is 1. The second-order valence-corrected chi connectivity index (χ2v) is 10.6. The monoisotopic (exact) mass is 612 g/mol. The van der Waals surface area contributed by atoms with Crippen molar-refractivity contribution in [3.8, 4) is 0 Å². The number of hydrogen-bond acceptors (Lipinski definition) is 6. The molecule has 3 heterocycles. The number of pyridine rings is 2. The third kappa shape index (κ3) is 5.92. The Hall–Kier alpha value is -4.43. The lowest BCUT2D eigenvalue weighted by molar-refractivity contribution is -0.192. The van der Waals surface area contributed by atoms with E-state index in [9.17, 15) is 35.9 Å². The molecule has 3 N–H and O–H groups in total. The van der Waals surface area contributed by atoms with Gasteiger partial charge in [0.05, 0.1) is 28.4 Å². The first-order valence-corrected chi connectivity index (χ1v) is 13.0. The first-order valence-electron chi connectivity index (χ1n) is 14.5. The van der Waals surface area contributed by atoms with Crippen molar-refractivity contribution in [1.82, 2.24) is 15.3 Å². The molecule has 15 heteroatoms. The predicted octanol–water partition coefficient (Wildman–Crippen LogP) is 5.18. The molecule has 3 aliphatic rings. The molecular weight excluding hydrogens is 584 g/mol. The first kappa shape index (κ1) is 26.2. The number of aliphatic carboxylic acids is 1. The largest absolute Gasteiger partial charge is 0.490 e. The summed E-state index contributed by atoms with van der Waals surface area (Å²) in [6.45, 7) is -2.31. The zero-order chi connectivity index (χ0) is 33.8. The summed E-state index contributed by atoms with van der Waals surface area (Å²) in [6, 6.07) is 8.42. The van der Waals surface area contributed by atoms with Crippen molar-refractivity contribution in [3.05, 3.63) is 53.7 Å². The maximum atomic E-state index is 13.5. The Kier molecular flexibility index (Phi) is 6.52. The molecule has 0 saturated heterocycles. The van der Waals surface area contributed by atoms with Gasteiger partial charge in [0.25, 0.3) is 0 Å². The van der Waals surface area contributed by atoms with Gasteiger partial charge in [-0.05, 0) is 61.4 Å². The van der Waals surface area contributed by atoms with Crippen molar-refractivity contribution in [3.63, 3.8) is 0 Å². The molecule has 228 valence electrons. The Labute approximate surface area is 244 Å². The molecule has 1 spiro atoms. The van der Waals surface area contributed by atoms with Gasteiger partial charge in [-0.2, -0.15) is 26.3 Å². The van der Waals surface area contributed by atoms with Crippen molar-refractivity contribution >= 4 is 46.0 Å². The van der Waals surface area contributed by atoms with Gasteiger partial charge < -0.3 is 20.6 Å². The number of aromatic nitrogens is 2. The van der Waals surface area contributed by atoms with Crippen LogP contribution in [0.15, 0.2) is 42.6 Å². The number of amides is 2. The van der Waals surface area contributed by atoms with Crippen LogP contribution in [0.3, 0.4) is 0 Å². The molecule has 2 saturated carbocycles. The molecule has 2 amide bonds. The number of likely N-dealkylation sites (N-methyl/N-ethyl adjacent to an activating group) is 1. The average Bonchev–Trinajstić information content (AvgIpc) is 3.74. The Morgan fingerprint density at radius 2 is 1.81 bits per heavy atom.